The van der Waals surface area contributed by atoms with Crippen LogP contribution in [0.15, 0.2) is 83.5 Å². The topological polar surface area (TPSA) is 73.0 Å². The van der Waals surface area contributed by atoms with E-state index in [1.54, 1.807) is 29.8 Å². The van der Waals surface area contributed by atoms with Gasteiger partial charge in [-0.2, -0.15) is 5.10 Å². The highest BCUT2D eigenvalue weighted by Crippen LogP contribution is 2.29. The van der Waals surface area contributed by atoms with Crippen molar-refractivity contribution in [3.05, 3.63) is 113 Å². The number of rotatable bonds is 6. The maximum Gasteiger partial charge on any atom is 0.273 e. The van der Waals surface area contributed by atoms with Crippen LogP contribution in [0.5, 0.6) is 0 Å². The molecule has 1 N–H and O–H groups in total. The molecule has 1 aliphatic rings. The second-order valence-corrected chi connectivity index (χ2v) is 9.70. The van der Waals surface area contributed by atoms with Gasteiger partial charge in [-0.15, -0.1) is 0 Å². The highest BCUT2D eigenvalue weighted by Gasteiger charge is 2.18. The summed E-state index contributed by atoms with van der Waals surface area (Å²) in [5.41, 5.74) is 7.54. The minimum atomic E-state index is -0.341. The molecule has 0 saturated heterocycles. The fourth-order valence-corrected chi connectivity index (χ4v) is 4.96. The van der Waals surface area contributed by atoms with Gasteiger partial charge in [0.15, 0.2) is 11.5 Å². The summed E-state index contributed by atoms with van der Waals surface area (Å²) < 4.78 is 21.2. The second kappa shape index (κ2) is 10.1. The number of fused-ring (bicyclic) bond motifs is 1. The number of hydrogen-bond acceptors (Lipinski definition) is 4. The lowest BCUT2D eigenvalue weighted by Gasteiger charge is -2.15. The van der Waals surface area contributed by atoms with Gasteiger partial charge < -0.3 is 9.84 Å². The van der Waals surface area contributed by atoms with E-state index in [1.807, 2.05) is 42.6 Å². The first-order chi connectivity index (χ1) is 18.5. The Kier molecular flexibility index (Phi) is 6.33. The number of hydrogen-bond donors (Lipinski definition) is 1. The Morgan fingerprint density at radius 3 is 2.58 bits per heavy atom. The third-order valence-electron chi connectivity index (χ3n) is 7.06. The largest absolute Gasteiger partial charge is 0.355 e. The van der Waals surface area contributed by atoms with Gasteiger partial charge in [0.1, 0.15) is 5.82 Å². The van der Waals surface area contributed by atoms with E-state index in [0.717, 1.165) is 35.2 Å². The maximum atomic E-state index is 13.9. The van der Waals surface area contributed by atoms with E-state index in [9.17, 15) is 9.18 Å². The lowest BCUT2D eigenvalue weighted by atomic mass is 9.90. The van der Waals surface area contributed by atoms with Gasteiger partial charge >= 0.3 is 0 Å². The number of amides is 1. The molecular formula is C31H27FN4O2. The van der Waals surface area contributed by atoms with Crippen molar-refractivity contribution in [3.8, 4) is 28.3 Å². The summed E-state index contributed by atoms with van der Waals surface area (Å²) in [5, 5.41) is 11.7. The van der Waals surface area contributed by atoms with Gasteiger partial charge in [0, 0.05) is 35.5 Å². The van der Waals surface area contributed by atoms with Crippen molar-refractivity contribution in [2.45, 2.75) is 39.2 Å². The third-order valence-corrected chi connectivity index (χ3v) is 7.06. The van der Waals surface area contributed by atoms with Crippen LogP contribution in [-0.2, 0) is 19.4 Å². The van der Waals surface area contributed by atoms with E-state index in [4.69, 9.17) is 9.62 Å². The number of para-hydroxylation sites is 1. The van der Waals surface area contributed by atoms with Crippen molar-refractivity contribution in [2.24, 2.45) is 0 Å². The van der Waals surface area contributed by atoms with E-state index in [-0.39, 0.29) is 24.0 Å². The van der Waals surface area contributed by atoms with Crippen LogP contribution >= 0.6 is 0 Å². The highest BCUT2D eigenvalue weighted by atomic mass is 19.1. The van der Waals surface area contributed by atoms with Crippen LogP contribution in [0, 0.1) is 12.7 Å². The first-order valence-corrected chi connectivity index (χ1v) is 12.8. The lowest BCUT2D eigenvalue weighted by molar-refractivity contribution is 0.0942. The van der Waals surface area contributed by atoms with Gasteiger partial charge in [0.2, 0.25) is 0 Å². The summed E-state index contributed by atoms with van der Waals surface area (Å²) in [6.07, 6.45) is 6.48. The summed E-state index contributed by atoms with van der Waals surface area (Å²) >= 11 is 0. The average Bonchev–Trinajstić information content (AvgIpc) is 3.62. The zero-order valence-electron chi connectivity index (χ0n) is 21.1. The molecule has 5 aromatic rings. The van der Waals surface area contributed by atoms with Gasteiger partial charge in [-0.1, -0.05) is 35.5 Å². The average molecular weight is 507 g/mol. The SMILES string of the molecule is Cc1cc(-c2nn(-c3ccccc3)cc2CNC(=O)c2cc(-c3ccc4c(c3)CCCC4)on2)ccc1F. The minimum absolute atomic E-state index is 0.215. The number of nitrogens with one attached hydrogen (secondary N) is 1. The molecule has 2 aromatic heterocycles. The van der Waals surface area contributed by atoms with E-state index in [0.29, 0.717) is 17.0 Å². The number of carbonyl (C=O) groups excluding carboxylic acids is 1. The zero-order chi connectivity index (χ0) is 26.1. The fraction of sp³-hybridized carbons (Fsp3) is 0.194. The molecule has 190 valence electrons. The summed E-state index contributed by atoms with van der Waals surface area (Å²) in [4.78, 5) is 13.0. The quantitative estimate of drug-likeness (QED) is 0.287. The minimum Gasteiger partial charge on any atom is -0.355 e. The monoisotopic (exact) mass is 506 g/mol. The molecule has 0 bridgehead atoms. The molecule has 3 aromatic carbocycles. The van der Waals surface area contributed by atoms with Crippen molar-refractivity contribution in [3.63, 3.8) is 0 Å². The van der Waals surface area contributed by atoms with Gasteiger partial charge in [-0.3, -0.25) is 4.79 Å². The number of nitrogens with zero attached hydrogens (tertiary/aromatic N) is 3. The van der Waals surface area contributed by atoms with Gasteiger partial charge in [-0.05, 0) is 85.7 Å². The van der Waals surface area contributed by atoms with Crippen LogP contribution in [0.2, 0.25) is 0 Å². The Bertz CT molecular complexity index is 1620. The third kappa shape index (κ3) is 4.75. The normalized spacial score (nSPS) is 12.8. The Labute approximate surface area is 220 Å². The van der Waals surface area contributed by atoms with Gasteiger partial charge in [0.25, 0.3) is 5.91 Å². The molecule has 0 saturated carbocycles. The second-order valence-electron chi connectivity index (χ2n) is 9.70. The lowest BCUT2D eigenvalue weighted by Crippen LogP contribution is -2.23. The van der Waals surface area contributed by atoms with Crippen molar-refractivity contribution in [2.75, 3.05) is 0 Å². The molecule has 0 spiro atoms. The Morgan fingerprint density at radius 1 is 0.974 bits per heavy atom. The van der Waals surface area contributed by atoms with E-state index in [2.05, 4.69) is 22.6 Å². The van der Waals surface area contributed by atoms with Crippen LogP contribution < -0.4 is 5.32 Å². The van der Waals surface area contributed by atoms with Crippen LogP contribution in [0.3, 0.4) is 0 Å². The molecule has 0 radical (unpaired) electrons. The highest BCUT2D eigenvalue weighted by molar-refractivity contribution is 5.93. The zero-order valence-corrected chi connectivity index (χ0v) is 21.1. The molecule has 2 heterocycles. The standard InChI is InChI=1S/C31H27FN4O2/c1-20-15-24(13-14-27(20)32)30-25(19-36(34-30)26-9-3-2-4-10-26)18-33-31(37)28-17-29(38-35-28)23-12-11-21-7-5-6-8-22(21)16-23/h2-4,9-17,19H,5-8,18H2,1H3,(H,33,37). The van der Waals surface area contributed by atoms with Crippen molar-refractivity contribution < 1.29 is 13.7 Å². The van der Waals surface area contributed by atoms with Crippen molar-refractivity contribution in [1.29, 1.82) is 0 Å². The van der Waals surface area contributed by atoms with E-state index < -0.39 is 0 Å². The number of carbonyl (C=O) groups is 1. The molecule has 0 atom stereocenters. The maximum absolute atomic E-state index is 13.9. The molecule has 1 aliphatic carbocycles. The summed E-state index contributed by atoms with van der Waals surface area (Å²) in [7, 11) is 0. The number of aryl methyl sites for hydroxylation is 3. The van der Waals surface area contributed by atoms with Gasteiger partial charge in [0.05, 0.1) is 11.4 Å². The number of halogens is 1. The van der Waals surface area contributed by atoms with Crippen LogP contribution in [-0.4, -0.2) is 20.8 Å². The summed E-state index contributed by atoms with van der Waals surface area (Å²) in [6, 6.07) is 22.6. The predicted octanol–water partition coefficient (Wildman–Crippen LogP) is 6.45. The van der Waals surface area contributed by atoms with Gasteiger partial charge in [-0.25, -0.2) is 9.07 Å². The van der Waals surface area contributed by atoms with E-state index in [1.165, 1.54) is 30.0 Å². The smallest absolute Gasteiger partial charge is 0.273 e. The van der Waals surface area contributed by atoms with Crippen molar-refractivity contribution >= 4 is 5.91 Å². The molecule has 1 amide bonds. The van der Waals surface area contributed by atoms with Crippen LogP contribution in [0.25, 0.3) is 28.3 Å². The van der Waals surface area contributed by atoms with Crippen LogP contribution in [0.4, 0.5) is 4.39 Å². The molecule has 0 fully saturated rings. The number of benzene rings is 3. The molecule has 0 aliphatic heterocycles. The molecule has 0 unspecified atom stereocenters. The summed E-state index contributed by atoms with van der Waals surface area (Å²) in [5.74, 6) is -0.0404. The first-order valence-electron chi connectivity index (χ1n) is 12.8. The number of aromatic nitrogens is 3. The fourth-order valence-electron chi connectivity index (χ4n) is 4.96. The first kappa shape index (κ1) is 23.9. The van der Waals surface area contributed by atoms with Crippen molar-refractivity contribution in [1.82, 2.24) is 20.3 Å². The Balaban J connectivity index is 1.24. The van der Waals surface area contributed by atoms with E-state index >= 15 is 0 Å². The molecule has 6 nitrogen and oxygen atoms in total. The Morgan fingerprint density at radius 2 is 1.76 bits per heavy atom. The molecule has 6 rings (SSSR count). The molecule has 7 heteroatoms. The van der Waals surface area contributed by atoms with Crippen LogP contribution in [0.1, 0.15) is 45.6 Å². The Hall–Kier alpha value is -4.52. The summed E-state index contributed by atoms with van der Waals surface area (Å²) in [6.45, 7) is 1.94. The molecule has 38 heavy (non-hydrogen) atoms. The predicted molar refractivity (Wildman–Crippen MR) is 143 cm³/mol. The molecular weight excluding hydrogens is 479 g/mol.